The van der Waals surface area contributed by atoms with Crippen molar-refractivity contribution >= 4 is 0 Å². The Labute approximate surface area is 226 Å². The average molecular weight is 527 g/mol. The molecule has 0 aliphatic rings. The summed E-state index contributed by atoms with van der Waals surface area (Å²) in [5, 5.41) is 0. The molecule has 6 aromatic heterocycles. The van der Waals surface area contributed by atoms with E-state index in [4.69, 9.17) is 0 Å². The molecular weight excluding hydrogens is 503 g/mol. The Bertz CT molecular complexity index is 1100. The van der Waals surface area contributed by atoms with Gasteiger partial charge in [-0.2, -0.15) is 0 Å². The second-order valence-electron chi connectivity index (χ2n) is 7.29. The van der Waals surface area contributed by atoms with E-state index in [0.717, 1.165) is 34.2 Å². The molecule has 7 heteroatoms. The summed E-state index contributed by atoms with van der Waals surface area (Å²) in [5.41, 5.74) is 5.49. The first-order valence-corrected chi connectivity index (χ1v) is 11.4. The van der Waals surface area contributed by atoms with Gasteiger partial charge < -0.3 is 0 Å². The summed E-state index contributed by atoms with van der Waals surface area (Å²) in [6, 6.07) is 34.8. The zero-order valence-electron chi connectivity index (χ0n) is 19.9. The Morgan fingerprint density at radius 1 is 0.243 bits per heavy atom. The fourth-order valence-electron chi connectivity index (χ4n) is 3.09. The van der Waals surface area contributed by atoms with Crippen LogP contribution in [0.4, 0.5) is 0 Å². The van der Waals surface area contributed by atoms with Crippen molar-refractivity contribution in [2.45, 2.75) is 0 Å². The Kier molecular flexibility index (Phi) is 11.2. The van der Waals surface area contributed by atoms with E-state index in [-0.39, 0.29) is 16.5 Å². The average Bonchev–Trinajstić information content (AvgIpc) is 3.01. The van der Waals surface area contributed by atoms with E-state index in [1.165, 1.54) is 0 Å². The maximum absolute atomic E-state index is 4.19. The first kappa shape index (κ1) is 27.0. The van der Waals surface area contributed by atoms with Gasteiger partial charge in [0.25, 0.3) is 0 Å². The quantitative estimate of drug-likeness (QED) is 0.247. The minimum atomic E-state index is 0. The normalized spacial score (nSPS) is 9.41. The maximum atomic E-state index is 4.19. The van der Waals surface area contributed by atoms with E-state index in [0.29, 0.717) is 0 Å². The molecule has 0 saturated heterocycles. The van der Waals surface area contributed by atoms with Crippen molar-refractivity contribution < 1.29 is 16.5 Å². The van der Waals surface area contributed by atoms with E-state index in [1.54, 1.807) is 37.2 Å². The molecule has 0 fully saturated rings. The van der Waals surface area contributed by atoms with Gasteiger partial charge >= 0.3 is 16.5 Å². The van der Waals surface area contributed by atoms with Gasteiger partial charge in [0.05, 0.1) is 34.2 Å². The van der Waals surface area contributed by atoms with Crippen molar-refractivity contribution in [3.05, 3.63) is 146 Å². The first-order chi connectivity index (χ1) is 17.9. The molecule has 0 radical (unpaired) electrons. The molecule has 6 aromatic rings. The van der Waals surface area contributed by atoms with Gasteiger partial charge in [-0.1, -0.05) is 36.4 Å². The van der Waals surface area contributed by atoms with Crippen LogP contribution in [0.1, 0.15) is 0 Å². The smallest absolute Gasteiger partial charge is 0.255 e. The summed E-state index contributed by atoms with van der Waals surface area (Å²) >= 11 is 0. The van der Waals surface area contributed by atoms with Crippen LogP contribution in [0.5, 0.6) is 0 Å². The van der Waals surface area contributed by atoms with Crippen molar-refractivity contribution in [2.75, 3.05) is 0 Å². The van der Waals surface area contributed by atoms with Crippen LogP contribution in [0.2, 0.25) is 0 Å². The summed E-state index contributed by atoms with van der Waals surface area (Å²) in [6.45, 7) is 0. The van der Waals surface area contributed by atoms with Crippen LogP contribution in [-0.2, 0) is 16.5 Å². The number of pyridine rings is 6. The van der Waals surface area contributed by atoms with Crippen molar-refractivity contribution in [1.29, 1.82) is 0 Å². The zero-order valence-corrected chi connectivity index (χ0v) is 20.8. The fourth-order valence-corrected chi connectivity index (χ4v) is 3.09. The van der Waals surface area contributed by atoms with Gasteiger partial charge in [-0.25, -0.2) is 0 Å². The predicted octanol–water partition coefficient (Wildman–Crippen LogP) is 6.43. The van der Waals surface area contributed by atoms with Crippen LogP contribution in [0.3, 0.4) is 0 Å². The molecule has 0 unspecified atom stereocenters. The molecule has 182 valence electrons. The molecule has 6 rings (SSSR count). The molecule has 0 amide bonds. The third-order valence-corrected chi connectivity index (χ3v) is 4.78. The molecule has 6 nitrogen and oxygen atoms in total. The van der Waals surface area contributed by atoms with Gasteiger partial charge in [-0.3, -0.25) is 29.9 Å². The molecule has 0 aliphatic heterocycles. The number of hydrogen-bond acceptors (Lipinski definition) is 6. The van der Waals surface area contributed by atoms with Crippen LogP contribution in [0.15, 0.2) is 146 Å². The molecule has 0 aromatic carbocycles. The minimum absolute atomic E-state index is 0. The Hall–Kier alpha value is -4.61. The van der Waals surface area contributed by atoms with Gasteiger partial charge in [0.1, 0.15) is 0 Å². The number of nitrogens with zero attached hydrogens (tertiary/aromatic N) is 6. The van der Waals surface area contributed by atoms with Gasteiger partial charge in [0.15, 0.2) is 0 Å². The van der Waals surface area contributed by atoms with E-state index >= 15 is 0 Å². The van der Waals surface area contributed by atoms with Gasteiger partial charge in [0.2, 0.25) is 0 Å². The number of hydrogen-bond donors (Lipinski definition) is 0. The van der Waals surface area contributed by atoms with Crippen molar-refractivity contribution in [2.24, 2.45) is 0 Å². The monoisotopic (exact) mass is 526 g/mol. The third-order valence-electron chi connectivity index (χ3n) is 4.78. The molecular formula is C30H24N6Ni+2. The van der Waals surface area contributed by atoms with Crippen LogP contribution in [0, 0.1) is 0 Å². The van der Waals surface area contributed by atoms with Crippen LogP contribution >= 0.6 is 0 Å². The third kappa shape index (κ3) is 8.84. The van der Waals surface area contributed by atoms with Crippen molar-refractivity contribution in [3.63, 3.8) is 0 Å². The van der Waals surface area contributed by atoms with E-state index in [1.807, 2.05) is 109 Å². The Morgan fingerprint density at radius 2 is 0.405 bits per heavy atom. The molecule has 6 heterocycles. The Balaban J connectivity index is 0.000000152. The maximum Gasteiger partial charge on any atom is 2.00 e. The summed E-state index contributed by atoms with van der Waals surface area (Å²) in [6.07, 6.45) is 10.6. The topological polar surface area (TPSA) is 77.3 Å². The largest absolute Gasteiger partial charge is 2.00 e. The summed E-state index contributed by atoms with van der Waals surface area (Å²) in [7, 11) is 0. The van der Waals surface area contributed by atoms with Crippen molar-refractivity contribution in [1.82, 2.24) is 29.9 Å². The summed E-state index contributed by atoms with van der Waals surface area (Å²) < 4.78 is 0. The van der Waals surface area contributed by atoms with Crippen molar-refractivity contribution in [3.8, 4) is 34.2 Å². The number of rotatable bonds is 3. The van der Waals surface area contributed by atoms with Crippen LogP contribution < -0.4 is 0 Å². The minimum Gasteiger partial charge on any atom is -0.255 e. The molecule has 0 N–H and O–H groups in total. The number of aromatic nitrogens is 6. The fraction of sp³-hybridized carbons (Fsp3) is 0. The van der Waals surface area contributed by atoms with Crippen LogP contribution in [-0.4, -0.2) is 29.9 Å². The molecule has 37 heavy (non-hydrogen) atoms. The van der Waals surface area contributed by atoms with Gasteiger partial charge in [-0.15, -0.1) is 0 Å². The molecule has 0 aliphatic carbocycles. The molecule has 0 saturated carbocycles. The summed E-state index contributed by atoms with van der Waals surface area (Å²) in [5.74, 6) is 0. The molecule has 0 bridgehead atoms. The summed E-state index contributed by atoms with van der Waals surface area (Å²) in [4.78, 5) is 25.1. The second kappa shape index (κ2) is 15.4. The van der Waals surface area contributed by atoms with Crippen LogP contribution in [0.25, 0.3) is 34.2 Å². The molecule has 0 atom stereocenters. The second-order valence-corrected chi connectivity index (χ2v) is 7.29. The van der Waals surface area contributed by atoms with E-state index in [2.05, 4.69) is 29.9 Å². The van der Waals surface area contributed by atoms with Gasteiger partial charge in [-0.05, 0) is 72.8 Å². The zero-order chi connectivity index (χ0) is 24.7. The predicted molar refractivity (Wildman–Crippen MR) is 142 cm³/mol. The standard InChI is InChI=1S/3C10H8N2.Ni/c3*1-3-7-11-9(5-1)10-6-2-4-8-12-10;/h3*1-8H;/q;;;+2. The Morgan fingerprint density at radius 3 is 0.514 bits per heavy atom. The van der Waals surface area contributed by atoms with E-state index < -0.39 is 0 Å². The molecule has 0 spiro atoms. The van der Waals surface area contributed by atoms with E-state index in [9.17, 15) is 0 Å². The first-order valence-electron chi connectivity index (χ1n) is 11.4. The SMILES string of the molecule is [Ni+2].c1ccc(-c2ccccn2)nc1.c1ccc(-c2ccccn2)nc1.c1ccc(-c2ccccn2)nc1. The van der Waals surface area contributed by atoms with Gasteiger partial charge in [0, 0.05) is 37.2 Å².